The fraction of sp³-hybridized carbons (Fsp3) is 0.111. The van der Waals surface area contributed by atoms with Crippen molar-refractivity contribution >= 4 is 39.4 Å². The van der Waals surface area contributed by atoms with Crippen LogP contribution in [0.15, 0.2) is 42.5 Å². The van der Waals surface area contributed by atoms with Crippen LogP contribution in [0.1, 0.15) is 20.8 Å². The molecular formula is C18H11F3N2O2S. The molecule has 4 rings (SSSR count). The number of aromatic carboxylic acids is 1. The summed E-state index contributed by atoms with van der Waals surface area (Å²) in [4.78, 5) is 12.2. The van der Waals surface area contributed by atoms with E-state index in [0.29, 0.717) is 22.1 Å². The lowest BCUT2D eigenvalue weighted by atomic mass is 10.1. The van der Waals surface area contributed by atoms with E-state index in [-0.39, 0.29) is 5.56 Å². The van der Waals surface area contributed by atoms with Gasteiger partial charge in [0.05, 0.1) is 22.2 Å². The quantitative estimate of drug-likeness (QED) is 0.519. The van der Waals surface area contributed by atoms with Gasteiger partial charge in [0.25, 0.3) is 0 Å². The molecule has 8 heteroatoms. The number of fused-ring (bicyclic) bond motifs is 3. The Kier molecular flexibility index (Phi) is 3.55. The van der Waals surface area contributed by atoms with Gasteiger partial charge in [-0.1, -0.05) is 0 Å². The fourth-order valence-electron chi connectivity index (χ4n) is 3.05. The third-order valence-electron chi connectivity index (χ3n) is 4.25. The molecule has 0 radical (unpaired) electrons. The lowest BCUT2D eigenvalue weighted by molar-refractivity contribution is -0.137. The third kappa shape index (κ3) is 2.45. The van der Waals surface area contributed by atoms with E-state index >= 15 is 0 Å². The molecule has 26 heavy (non-hydrogen) atoms. The van der Waals surface area contributed by atoms with Gasteiger partial charge in [-0.2, -0.15) is 17.5 Å². The zero-order valence-corrected chi connectivity index (χ0v) is 14.1. The van der Waals surface area contributed by atoms with Crippen LogP contribution in [-0.4, -0.2) is 20.0 Å². The lowest BCUT2D eigenvalue weighted by Gasteiger charge is -2.10. The number of rotatable bonds is 2. The van der Waals surface area contributed by atoms with Gasteiger partial charge in [0.15, 0.2) is 0 Å². The van der Waals surface area contributed by atoms with Gasteiger partial charge in [0.1, 0.15) is 5.52 Å². The average Bonchev–Trinajstić information content (AvgIpc) is 3.12. The topological polar surface area (TPSA) is 55.1 Å². The number of aryl methyl sites for hydroxylation is 1. The summed E-state index contributed by atoms with van der Waals surface area (Å²) >= 11 is 1.27. The summed E-state index contributed by atoms with van der Waals surface area (Å²) in [5.41, 5.74) is 2.09. The number of aromatic nitrogens is 2. The van der Waals surface area contributed by atoms with Gasteiger partial charge < -0.3 is 9.67 Å². The van der Waals surface area contributed by atoms with Crippen LogP contribution in [0, 0.1) is 6.92 Å². The molecule has 4 nitrogen and oxygen atoms in total. The maximum absolute atomic E-state index is 12.8. The summed E-state index contributed by atoms with van der Waals surface area (Å²) in [6, 6.07) is 9.56. The number of carboxylic acid groups (broad SMARTS) is 1. The number of benzene rings is 2. The Morgan fingerprint density at radius 1 is 1.15 bits per heavy atom. The van der Waals surface area contributed by atoms with Gasteiger partial charge in [0, 0.05) is 16.0 Å². The number of carbonyl (C=O) groups is 1. The van der Waals surface area contributed by atoms with Crippen LogP contribution >= 0.6 is 11.5 Å². The predicted octanol–water partition coefficient (Wildman–Crippen LogP) is 5.27. The largest absolute Gasteiger partial charge is 0.478 e. The summed E-state index contributed by atoms with van der Waals surface area (Å²) in [6.45, 7) is 1.87. The molecule has 0 atom stereocenters. The van der Waals surface area contributed by atoms with E-state index in [0.717, 1.165) is 22.5 Å². The first kappa shape index (κ1) is 16.6. The van der Waals surface area contributed by atoms with Crippen molar-refractivity contribution in [1.82, 2.24) is 8.94 Å². The Bertz CT molecular complexity index is 1160. The number of carboxylic acids is 1. The van der Waals surface area contributed by atoms with Gasteiger partial charge >= 0.3 is 12.1 Å². The Morgan fingerprint density at radius 2 is 1.85 bits per heavy atom. The van der Waals surface area contributed by atoms with Crippen LogP contribution in [0.4, 0.5) is 13.2 Å². The van der Waals surface area contributed by atoms with Gasteiger partial charge in [-0.25, -0.2) is 4.79 Å². The maximum atomic E-state index is 12.8. The Hall–Kier alpha value is -2.87. The molecule has 0 spiro atoms. The second-order valence-corrected chi connectivity index (χ2v) is 6.83. The van der Waals surface area contributed by atoms with Crippen LogP contribution in [0.2, 0.25) is 0 Å². The van der Waals surface area contributed by atoms with Crippen LogP contribution in [0.3, 0.4) is 0 Å². The minimum atomic E-state index is -4.40. The molecule has 0 saturated heterocycles. The summed E-state index contributed by atoms with van der Waals surface area (Å²) in [5.74, 6) is -1.05. The predicted molar refractivity (Wildman–Crippen MR) is 93.2 cm³/mol. The second kappa shape index (κ2) is 5.57. The van der Waals surface area contributed by atoms with E-state index in [1.807, 2.05) is 11.5 Å². The molecule has 0 aliphatic rings. The molecule has 0 amide bonds. The molecule has 0 bridgehead atoms. The van der Waals surface area contributed by atoms with E-state index in [2.05, 4.69) is 4.37 Å². The van der Waals surface area contributed by atoms with Crippen molar-refractivity contribution in [2.24, 2.45) is 0 Å². The summed E-state index contributed by atoms with van der Waals surface area (Å²) in [7, 11) is 0. The van der Waals surface area contributed by atoms with E-state index in [9.17, 15) is 23.1 Å². The highest BCUT2D eigenvalue weighted by atomic mass is 32.1. The van der Waals surface area contributed by atoms with Crippen molar-refractivity contribution in [2.45, 2.75) is 13.1 Å². The number of halogens is 3. The number of hydrogen-bond acceptors (Lipinski definition) is 3. The van der Waals surface area contributed by atoms with Gasteiger partial charge in [0.2, 0.25) is 0 Å². The first-order valence-corrected chi connectivity index (χ1v) is 8.36. The van der Waals surface area contributed by atoms with Crippen LogP contribution in [0.25, 0.3) is 27.6 Å². The summed E-state index contributed by atoms with van der Waals surface area (Å²) < 4.78 is 44.7. The molecule has 0 aliphatic carbocycles. The molecule has 2 heterocycles. The highest BCUT2D eigenvalue weighted by Crippen LogP contribution is 2.36. The third-order valence-corrected chi connectivity index (χ3v) is 4.99. The molecule has 0 unspecified atom stereocenters. The zero-order valence-electron chi connectivity index (χ0n) is 13.3. The Balaban J connectivity index is 2.01. The molecule has 0 fully saturated rings. The number of hydrogen-bond donors (Lipinski definition) is 1. The first-order chi connectivity index (χ1) is 12.3. The zero-order chi connectivity index (χ0) is 18.6. The van der Waals surface area contributed by atoms with Gasteiger partial charge in [-0.3, -0.25) is 0 Å². The monoisotopic (exact) mass is 376 g/mol. The fourth-order valence-corrected chi connectivity index (χ4v) is 3.74. The SMILES string of the molecule is Cc1snc2c3cc(C(=O)O)ccc3n(-c3ccc(C(F)(F)F)cc3)c12. The molecule has 2 aromatic carbocycles. The van der Waals surface area contributed by atoms with Crippen molar-refractivity contribution in [2.75, 3.05) is 0 Å². The average molecular weight is 376 g/mol. The normalized spacial score (nSPS) is 12.2. The Labute approximate surface area is 149 Å². The van der Waals surface area contributed by atoms with Crippen LogP contribution in [0.5, 0.6) is 0 Å². The standard InChI is InChI=1S/C18H11F3N2O2S/c1-9-16-15(22-26-9)13-8-10(17(24)25)2-7-14(13)23(16)12-5-3-11(4-6-12)18(19,20)21/h2-8H,1H3,(H,24,25). The highest BCUT2D eigenvalue weighted by molar-refractivity contribution is 7.07. The van der Waals surface area contributed by atoms with Crippen LogP contribution in [-0.2, 0) is 6.18 Å². The number of alkyl halides is 3. The summed E-state index contributed by atoms with van der Waals surface area (Å²) in [5, 5.41) is 9.88. The minimum Gasteiger partial charge on any atom is -0.478 e. The lowest BCUT2D eigenvalue weighted by Crippen LogP contribution is -2.05. The van der Waals surface area contributed by atoms with Crippen molar-refractivity contribution in [3.63, 3.8) is 0 Å². The van der Waals surface area contributed by atoms with Crippen molar-refractivity contribution < 1.29 is 23.1 Å². The van der Waals surface area contributed by atoms with Crippen molar-refractivity contribution in [3.05, 3.63) is 58.5 Å². The smallest absolute Gasteiger partial charge is 0.416 e. The molecule has 2 aromatic heterocycles. The van der Waals surface area contributed by atoms with E-state index in [1.54, 1.807) is 12.1 Å². The molecule has 1 N–H and O–H groups in total. The number of nitrogens with zero attached hydrogens (tertiary/aromatic N) is 2. The highest BCUT2D eigenvalue weighted by Gasteiger charge is 2.30. The van der Waals surface area contributed by atoms with E-state index < -0.39 is 17.7 Å². The molecule has 0 aliphatic heterocycles. The van der Waals surface area contributed by atoms with Crippen molar-refractivity contribution in [3.8, 4) is 5.69 Å². The Morgan fingerprint density at radius 3 is 2.46 bits per heavy atom. The molecular weight excluding hydrogens is 365 g/mol. The van der Waals surface area contributed by atoms with E-state index in [4.69, 9.17) is 0 Å². The van der Waals surface area contributed by atoms with Crippen molar-refractivity contribution in [1.29, 1.82) is 0 Å². The molecule has 0 saturated carbocycles. The minimum absolute atomic E-state index is 0.134. The molecule has 132 valence electrons. The van der Waals surface area contributed by atoms with E-state index in [1.165, 1.54) is 29.7 Å². The van der Waals surface area contributed by atoms with Crippen LogP contribution < -0.4 is 0 Å². The van der Waals surface area contributed by atoms with Gasteiger partial charge in [-0.15, -0.1) is 0 Å². The molecule has 4 aromatic rings. The van der Waals surface area contributed by atoms with Gasteiger partial charge in [-0.05, 0) is 60.9 Å². The first-order valence-electron chi connectivity index (χ1n) is 7.59. The maximum Gasteiger partial charge on any atom is 0.416 e. The summed E-state index contributed by atoms with van der Waals surface area (Å²) in [6.07, 6.45) is -4.40. The second-order valence-electron chi connectivity index (χ2n) is 5.85.